The Morgan fingerprint density at radius 1 is 1.53 bits per heavy atom. The zero-order chi connectivity index (χ0) is 13.1. The number of sulfone groups is 1. The second-order valence-electron chi connectivity index (χ2n) is 3.96. The van der Waals surface area contributed by atoms with Gasteiger partial charge in [-0.3, -0.25) is 4.79 Å². The molecule has 8 heteroatoms. The molecule has 1 rings (SSSR count). The van der Waals surface area contributed by atoms with Crippen LogP contribution in [0.15, 0.2) is 0 Å². The van der Waals surface area contributed by atoms with Crippen LogP contribution >= 0.6 is 0 Å². The van der Waals surface area contributed by atoms with E-state index in [1.807, 2.05) is 0 Å². The number of carbonyl (C=O) groups is 2. The zero-order valence-corrected chi connectivity index (χ0v) is 10.2. The summed E-state index contributed by atoms with van der Waals surface area (Å²) in [5.74, 6) is -1.64. The van der Waals surface area contributed by atoms with Gasteiger partial charge in [0.15, 0.2) is 15.9 Å². The molecule has 1 saturated heterocycles. The van der Waals surface area contributed by atoms with Crippen LogP contribution in [0.5, 0.6) is 0 Å². The normalized spacial score (nSPS) is 24.2. The maximum absolute atomic E-state index is 11.3. The lowest BCUT2D eigenvalue weighted by Crippen LogP contribution is -2.39. The highest BCUT2D eigenvalue weighted by molar-refractivity contribution is 7.91. The molecule has 7 nitrogen and oxygen atoms in total. The third-order valence-corrected chi connectivity index (χ3v) is 4.18. The number of carbonyl (C=O) groups excluding carboxylic acids is 1. The SMILES string of the molecule is C[C@@H](OCC(=O)NC1CCS(=O)(=O)C1)C(=O)O. The maximum atomic E-state index is 11.3. The number of nitrogens with one attached hydrogen (secondary N) is 1. The molecule has 0 spiro atoms. The van der Waals surface area contributed by atoms with E-state index in [-0.39, 0.29) is 18.1 Å². The Hall–Kier alpha value is -1.15. The largest absolute Gasteiger partial charge is 0.479 e. The van der Waals surface area contributed by atoms with Crippen LogP contribution in [0.4, 0.5) is 0 Å². The number of carboxylic acid groups (broad SMARTS) is 1. The van der Waals surface area contributed by atoms with Gasteiger partial charge in [0.1, 0.15) is 6.61 Å². The molecule has 1 fully saturated rings. The summed E-state index contributed by atoms with van der Waals surface area (Å²) in [7, 11) is -3.04. The topological polar surface area (TPSA) is 110 Å². The van der Waals surface area contributed by atoms with Crippen LogP contribution in [-0.4, -0.2) is 55.7 Å². The lowest BCUT2D eigenvalue weighted by atomic mass is 10.2. The number of carboxylic acids is 1. The molecule has 0 aromatic rings. The van der Waals surface area contributed by atoms with Gasteiger partial charge in [-0.2, -0.15) is 0 Å². The number of rotatable bonds is 5. The van der Waals surface area contributed by atoms with Gasteiger partial charge >= 0.3 is 5.97 Å². The lowest BCUT2D eigenvalue weighted by Gasteiger charge is -2.12. The molecule has 17 heavy (non-hydrogen) atoms. The Balaban J connectivity index is 2.29. The molecule has 98 valence electrons. The standard InChI is InChI=1S/C9H15NO6S/c1-6(9(12)13)16-4-8(11)10-7-2-3-17(14,15)5-7/h6-7H,2-5H2,1H3,(H,10,11)(H,12,13)/t6-,7?/m1/s1. The average molecular weight is 265 g/mol. The molecule has 1 unspecified atom stereocenters. The maximum Gasteiger partial charge on any atom is 0.332 e. The summed E-state index contributed by atoms with van der Waals surface area (Å²) in [4.78, 5) is 21.7. The summed E-state index contributed by atoms with van der Waals surface area (Å²) in [5, 5.41) is 11.0. The number of hydrogen-bond acceptors (Lipinski definition) is 5. The molecular formula is C9H15NO6S. The minimum Gasteiger partial charge on any atom is -0.479 e. The molecule has 1 amide bonds. The van der Waals surface area contributed by atoms with Crippen molar-refractivity contribution < 1.29 is 27.9 Å². The van der Waals surface area contributed by atoms with E-state index in [4.69, 9.17) is 9.84 Å². The Morgan fingerprint density at radius 3 is 2.65 bits per heavy atom. The fraction of sp³-hybridized carbons (Fsp3) is 0.778. The summed E-state index contributed by atoms with van der Waals surface area (Å²) in [5.41, 5.74) is 0. The molecule has 2 N–H and O–H groups in total. The van der Waals surface area contributed by atoms with Crippen LogP contribution < -0.4 is 5.32 Å². The highest BCUT2D eigenvalue weighted by Crippen LogP contribution is 2.10. The van der Waals surface area contributed by atoms with Crippen LogP contribution in [0.3, 0.4) is 0 Å². The van der Waals surface area contributed by atoms with E-state index in [0.29, 0.717) is 6.42 Å². The fourth-order valence-corrected chi connectivity index (χ4v) is 3.12. The first-order valence-electron chi connectivity index (χ1n) is 5.14. The molecule has 0 aromatic carbocycles. The van der Waals surface area contributed by atoms with Crippen molar-refractivity contribution in [3.8, 4) is 0 Å². The summed E-state index contributed by atoms with van der Waals surface area (Å²) in [6.07, 6.45) is -0.671. The molecule has 0 aliphatic carbocycles. The zero-order valence-electron chi connectivity index (χ0n) is 9.38. The highest BCUT2D eigenvalue weighted by Gasteiger charge is 2.29. The summed E-state index contributed by atoms with van der Waals surface area (Å²) < 4.78 is 27.0. The predicted molar refractivity (Wildman–Crippen MR) is 58.3 cm³/mol. The molecule has 1 aliphatic heterocycles. The number of amides is 1. The molecule has 1 heterocycles. The molecule has 1 aliphatic rings. The van der Waals surface area contributed by atoms with Crippen molar-refractivity contribution in [2.45, 2.75) is 25.5 Å². The van der Waals surface area contributed by atoms with E-state index in [1.54, 1.807) is 0 Å². The van der Waals surface area contributed by atoms with Gasteiger partial charge in [-0.05, 0) is 13.3 Å². The predicted octanol–water partition coefficient (Wildman–Crippen LogP) is -1.22. The summed E-state index contributed by atoms with van der Waals surface area (Å²) >= 11 is 0. The quantitative estimate of drug-likeness (QED) is 0.644. The molecule has 0 saturated carbocycles. The van der Waals surface area contributed by atoms with Gasteiger partial charge in [0.25, 0.3) is 0 Å². The first kappa shape index (κ1) is 13.9. The first-order valence-corrected chi connectivity index (χ1v) is 6.96. The van der Waals surface area contributed by atoms with Crippen molar-refractivity contribution in [1.29, 1.82) is 0 Å². The van der Waals surface area contributed by atoms with E-state index in [1.165, 1.54) is 6.92 Å². The summed E-state index contributed by atoms with van der Waals surface area (Å²) in [6.45, 7) is 0.930. The smallest absolute Gasteiger partial charge is 0.332 e. The highest BCUT2D eigenvalue weighted by atomic mass is 32.2. The van der Waals surface area contributed by atoms with Crippen LogP contribution in [-0.2, 0) is 24.2 Å². The second-order valence-corrected chi connectivity index (χ2v) is 6.19. The van der Waals surface area contributed by atoms with Crippen LogP contribution in [0, 0.1) is 0 Å². The van der Waals surface area contributed by atoms with Gasteiger partial charge in [-0.1, -0.05) is 0 Å². The van der Waals surface area contributed by atoms with E-state index < -0.39 is 33.9 Å². The van der Waals surface area contributed by atoms with Gasteiger partial charge in [0, 0.05) is 6.04 Å². The minimum atomic E-state index is -3.04. The van der Waals surface area contributed by atoms with Crippen LogP contribution in [0.1, 0.15) is 13.3 Å². The Bertz CT molecular complexity index is 404. The second kappa shape index (κ2) is 5.46. The van der Waals surface area contributed by atoms with Gasteiger partial charge in [-0.25, -0.2) is 13.2 Å². The van der Waals surface area contributed by atoms with Crippen molar-refractivity contribution >= 4 is 21.7 Å². The van der Waals surface area contributed by atoms with E-state index in [0.717, 1.165) is 0 Å². The molecule has 0 bridgehead atoms. The lowest BCUT2D eigenvalue weighted by molar-refractivity contribution is -0.150. The monoisotopic (exact) mass is 265 g/mol. The average Bonchev–Trinajstić information content (AvgIpc) is 2.54. The van der Waals surface area contributed by atoms with E-state index >= 15 is 0 Å². The first-order chi connectivity index (χ1) is 7.80. The van der Waals surface area contributed by atoms with Gasteiger partial charge < -0.3 is 15.2 Å². The number of hydrogen-bond donors (Lipinski definition) is 2. The Kier molecular flexibility index (Phi) is 4.47. The van der Waals surface area contributed by atoms with E-state index in [9.17, 15) is 18.0 Å². The molecule has 0 radical (unpaired) electrons. The van der Waals surface area contributed by atoms with Gasteiger partial charge in [-0.15, -0.1) is 0 Å². The molecule has 0 aromatic heterocycles. The minimum absolute atomic E-state index is 0.0623. The Labute approximate surface area is 99.1 Å². The molecular weight excluding hydrogens is 250 g/mol. The van der Waals surface area contributed by atoms with Crippen molar-refractivity contribution in [2.75, 3.05) is 18.1 Å². The van der Waals surface area contributed by atoms with Gasteiger partial charge in [0.2, 0.25) is 5.91 Å². The van der Waals surface area contributed by atoms with Crippen molar-refractivity contribution in [1.82, 2.24) is 5.32 Å². The fourth-order valence-electron chi connectivity index (χ4n) is 1.45. The van der Waals surface area contributed by atoms with E-state index in [2.05, 4.69) is 5.32 Å². The number of aliphatic carboxylic acids is 1. The van der Waals surface area contributed by atoms with Gasteiger partial charge in [0.05, 0.1) is 11.5 Å². The van der Waals surface area contributed by atoms with Crippen molar-refractivity contribution in [3.05, 3.63) is 0 Å². The van der Waals surface area contributed by atoms with Crippen molar-refractivity contribution in [2.24, 2.45) is 0 Å². The summed E-state index contributed by atoms with van der Waals surface area (Å²) in [6, 6.07) is -0.392. The third-order valence-electron chi connectivity index (χ3n) is 2.41. The Morgan fingerprint density at radius 2 is 2.18 bits per heavy atom. The van der Waals surface area contributed by atoms with Crippen LogP contribution in [0.25, 0.3) is 0 Å². The van der Waals surface area contributed by atoms with Crippen LogP contribution in [0.2, 0.25) is 0 Å². The number of ether oxygens (including phenoxy) is 1. The molecule has 2 atom stereocenters. The third kappa shape index (κ3) is 4.70. The van der Waals surface area contributed by atoms with Crippen molar-refractivity contribution in [3.63, 3.8) is 0 Å².